The molecule has 1 atom stereocenters. The van der Waals surface area contributed by atoms with Gasteiger partial charge in [0.05, 0.1) is 5.69 Å². The summed E-state index contributed by atoms with van der Waals surface area (Å²) in [6, 6.07) is 7.43. The molecule has 3 heterocycles. The van der Waals surface area contributed by atoms with Crippen molar-refractivity contribution in [1.82, 2.24) is 15.8 Å². The molecule has 0 aromatic carbocycles. The molecule has 5 nitrogen and oxygen atoms in total. The van der Waals surface area contributed by atoms with Crippen molar-refractivity contribution >= 4 is 23.1 Å². The Kier molecular flexibility index (Phi) is 2.50. The van der Waals surface area contributed by atoms with Gasteiger partial charge in [-0.3, -0.25) is 15.3 Å². The van der Waals surface area contributed by atoms with Gasteiger partial charge in [-0.2, -0.15) is 0 Å². The van der Waals surface area contributed by atoms with E-state index in [4.69, 9.17) is 0 Å². The van der Waals surface area contributed by atoms with Crippen LogP contribution in [0.5, 0.6) is 0 Å². The lowest BCUT2D eigenvalue weighted by atomic mass is 10.3. The molecule has 2 amide bonds. The fourth-order valence-corrected chi connectivity index (χ4v) is 2.55. The quantitative estimate of drug-likeness (QED) is 0.850. The average molecular weight is 246 g/mol. The van der Waals surface area contributed by atoms with E-state index in [1.165, 1.54) is 0 Å². The van der Waals surface area contributed by atoms with Crippen molar-refractivity contribution in [3.8, 4) is 0 Å². The lowest BCUT2D eigenvalue weighted by Crippen LogP contribution is -2.29. The highest BCUT2D eigenvalue weighted by Crippen LogP contribution is 2.29. The Balaban J connectivity index is 1.98. The van der Waals surface area contributed by atoms with Crippen LogP contribution in [0.2, 0.25) is 0 Å². The summed E-state index contributed by atoms with van der Waals surface area (Å²) in [5.41, 5.74) is 6.42. The molecule has 1 saturated heterocycles. The molecule has 0 bridgehead atoms. The lowest BCUT2D eigenvalue weighted by molar-refractivity contribution is 0.250. The molecule has 6 heteroatoms. The fraction of sp³-hybridized carbons (Fsp3) is 0.0909. The van der Waals surface area contributed by atoms with E-state index in [1.54, 1.807) is 28.6 Å². The van der Waals surface area contributed by atoms with Gasteiger partial charge in [-0.05, 0) is 23.6 Å². The zero-order valence-electron chi connectivity index (χ0n) is 8.83. The average Bonchev–Trinajstić information content (AvgIpc) is 2.98. The predicted octanol–water partition coefficient (Wildman–Crippen LogP) is 1.88. The van der Waals surface area contributed by atoms with Gasteiger partial charge in [-0.25, -0.2) is 10.2 Å². The molecule has 86 valence electrons. The molecule has 2 N–H and O–H groups in total. The molecule has 0 aliphatic carbocycles. The summed E-state index contributed by atoms with van der Waals surface area (Å²) in [7, 11) is 0. The SMILES string of the molecule is O=C1NNC(c2cccs2)N1c1ccncc1. The molecule has 2 aromatic rings. The number of pyridine rings is 1. The van der Waals surface area contributed by atoms with E-state index in [2.05, 4.69) is 15.8 Å². The van der Waals surface area contributed by atoms with Crippen LogP contribution in [0, 0.1) is 0 Å². The number of amides is 2. The summed E-state index contributed by atoms with van der Waals surface area (Å²) >= 11 is 1.61. The van der Waals surface area contributed by atoms with Gasteiger partial charge in [0.2, 0.25) is 0 Å². The predicted molar refractivity (Wildman–Crippen MR) is 65.4 cm³/mol. The number of thiophene rings is 1. The van der Waals surface area contributed by atoms with Crippen LogP contribution in [0.1, 0.15) is 11.0 Å². The van der Waals surface area contributed by atoms with Gasteiger partial charge in [-0.15, -0.1) is 11.3 Å². The van der Waals surface area contributed by atoms with E-state index in [9.17, 15) is 4.79 Å². The maximum Gasteiger partial charge on any atom is 0.337 e. The van der Waals surface area contributed by atoms with Crippen LogP contribution in [0.25, 0.3) is 0 Å². The third kappa shape index (κ3) is 1.77. The van der Waals surface area contributed by atoms with Gasteiger partial charge in [-0.1, -0.05) is 6.07 Å². The highest BCUT2D eigenvalue weighted by atomic mass is 32.1. The molecule has 1 aliphatic heterocycles. The van der Waals surface area contributed by atoms with Gasteiger partial charge in [0.15, 0.2) is 0 Å². The molecular formula is C11H10N4OS. The Hall–Kier alpha value is -1.92. The van der Waals surface area contributed by atoms with Crippen molar-refractivity contribution in [2.24, 2.45) is 0 Å². The van der Waals surface area contributed by atoms with E-state index >= 15 is 0 Å². The van der Waals surface area contributed by atoms with Crippen LogP contribution in [0.3, 0.4) is 0 Å². The molecule has 1 unspecified atom stereocenters. The van der Waals surface area contributed by atoms with E-state index in [1.807, 2.05) is 29.6 Å². The van der Waals surface area contributed by atoms with Crippen molar-refractivity contribution in [3.63, 3.8) is 0 Å². The van der Waals surface area contributed by atoms with E-state index < -0.39 is 0 Å². The third-order valence-corrected chi connectivity index (χ3v) is 3.47. The van der Waals surface area contributed by atoms with Crippen molar-refractivity contribution in [2.45, 2.75) is 6.17 Å². The number of hydrazine groups is 1. The van der Waals surface area contributed by atoms with Crippen LogP contribution in [-0.2, 0) is 0 Å². The topological polar surface area (TPSA) is 57.3 Å². The number of aromatic nitrogens is 1. The van der Waals surface area contributed by atoms with Crippen LogP contribution in [0.4, 0.5) is 10.5 Å². The number of rotatable bonds is 2. The number of hydrogen-bond donors (Lipinski definition) is 2. The van der Waals surface area contributed by atoms with E-state index in [-0.39, 0.29) is 12.2 Å². The smallest absolute Gasteiger partial charge is 0.271 e. The Morgan fingerprint density at radius 2 is 2.12 bits per heavy atom. The number of nitrogens with one attached hydrogen (secondary N) is 2. The largest absolute Gasteiger partial charge is 0.337 e. The number of carbonyl (C=O) groups is 1. The third-order valence-electron chi connectivity index (χ3n) is 2.55. The zero-order valence-corrected chi connectivity index (χ0v) is 9.65. The van der Waals surface area contributed by atoms with Crippen LogP contribution >= 0.6 is 11.3 Å². The van der Waals surface area contributed by atoms with Crippen molar-refractivity contribution in [3.05, 3.63) is 46.9 Å². The van der Waals surface area contributed by atoms with Gasteiger partial charge in [0.25, 0.3) is 0 Å². The highest BCUT2D eigenvalue weighted by Gasteiger charge is 2.33. The van der Waals surface area contributed by atoms with Crippen LogP contribution < -0.4 is 15.8 Å². The maximum absolute atomic E-state index is 11.8. The first kappa shape index (κ1) is 10.2. The molecule has 1 aliphatic rings. The second-order valence-corrected chi connectivity index (χ2v) is 4.55. The number of anilines is 1. The van der Waals surface area contributed by atoms with Gasteiger partial charge in [0.1, 0.15) is 6.17 Å². The Morgan fingerprint density at radius 3 is 2.82 bits per heavy atom. The summed E-state index contributed by atoms with van der Waals surface area (Å²) in [6.45, 7) is 0. The molecular weight excluding hydrogens is 236 g/mol. The van der Waals surface area contributed by atoms with E-state index in [0.717, 1.165) is 10.6 Å². The Morgan fingerprint density at radius 1 is 1.29 bits per heavy atom. The monoisotopic (exact) mass is 246 g/mol. The van der Waals surface area contributed by atoms with Crippen LogP contribution in [0.15, 0.2) is 42.0 Å². The summed E-state index contributed by atoms with van der Waals surface area (Å²) < 4.78 is 0. The molecule has 1 fully saturated rings. The van der Waals surface area contributed by atoms with E-state index in [0.29, 0.717) is 0 Å². The standard InChI is InChI=1S/C11H10N4OS/c16-11-14-13-10(9-2-1-7-17-9)15(11)8-3-5-12-6-4-8/h1-7,10,13H,(H,14,16). The lowest BCUT2D eigenvalue weighted by Gasteiger charge is -2.21. The highest BCUT2D eigenvalue weighted by molar-refractivity contribution is 7.10. The molecule has 2 aromatic heterocycles. The molecule has 0 radical (unpaired) electrons. The zero-order chi connectivity index (χ0) is 11.7. The Labute approximate surface area is 102 Å². The van der Waals surface area contributed by atoms with Gasteiger partial charge < -0.3 is 0 Å². The van der Waals surface area contributed by atoms with Crippen molar-refractivity contribution in [2.75, 3.05) is 4.90 Å². The normalized spacial score (nSPS) is 19.4. The van der Waals surface area contributed by atoms with Gasteiger partial charge in [0, 0.05) is 17.3 Å². The molecule has 0 saturated carbocycles. The second kappa shape index (κ2) is 4.15. The first-order valence-electron chi connectivity index (χ1n) is 5.14. The summed E-state index contributed by atoms with van der Waals surface area (Å²) in [5, 5.41) is 1.99. The first-order valence-corrected chi connectivity index (χ1v) is 6.02. The summed E-state index contributed by atoms with van der Waals surface area (Å²) in [6.07, 6.45) is 3.18. The second-order valence-electron chi connectivity index (χ2n) is 3.57. The number of hydrogen-bond acceptors (Lipinski definition) is 4. The number of urea groups is 1. The summed E-state index contributed by atoms with van der Waals surface area (Å²) in [4.78, 5) is 18.5. The van der Waals surface area contributed by atoms with Gasteiger partial charge >= 0.3 is 6.03 Å². The minimum Gasteiger partial charge on any atom is -0.271 e. The van der Waals surface area contributed by atoms with Crippen molar-refractivity contribution < 1.29 is 4.79 Å². The summed E-state index contributed by atoms with van der Waals surface area (Å²) in [5.74, 6) is 0. The number of carbonyl (C=O) groups excluding carboxylic acids is 1. The minimum absolute atomic E-state index is 0.158. The maximum atomic E-state index is 11.8. The molecule has 3 rings (SSSR count). The Bertz CT molecular complexity index is 514. The van der Waals surface area contributed by atoms with Crippen molar-refractivity contribution in [1.29, 1.82) is 0 Å². The van der Waals surface area contributed by atoms with Crippen LogP contribution in [-0.4, -0.2) is 11.0 Å². The fourth-order valence-electron chi connectivity index (χ4n) is 1.79. The first-order chi connectivity index (χ1) is 8.36. The molecule has 0 spiro atoms. The number of nitrogens with zero attached hydrogens (tertiary/aromatic N) is 2. The molecule has 17 heavy (non-hydrogen) atoms. The minimum atomic E-state index is -0.162.